The number of anilines is 1. The van der Waals surface area contributed by atoms with Gasteiger partial charge in [-0.15, -0.1) is 0 Å². The molecule has 0 aliphatic heterocycles. The van der Waals surface area contributed by atoms with E-state index in [0.29, 0.717) is 6.54 Å². The zero-order valence-electron chi connectivity index (χ0n) is 8.33. The average Bonchev–Trinajstić information content (AvgIpc) is 2.01. The van der Waals surface area contributed by atoms with Crippen molar-refractivity contribution in [3.8, 4) is 0 Å². The van der Waals surface area contributed by atoms with E-state index < -0.39 is 0 Å². The molecule has 4 heteroatoms. The predicted molar refractivity (Wildman–Crippen MR) is 53.5 cm³/mol. The van der Waals surface area contributed by atoms with Crippen molar-refractivity contribution in [1.29, 1.82) is 0 Å². The van der Waals surface area contributed by atoms with Gasteiger partial charge < -0.3 is 11.1 Å². The Labute approximate surface area is 78.6 Å². The highest BCUT2D eigenvalue weighted by Crippen LogP contribution is 2.07. The third-order valence-electron chi connectivity index (χ3n) is 1.59. The number of hydrogen-bond donors (Lipinski definition) is 2. The van der Waals surface area contributed by atoms with Crippen molar-refractivity contribution in [2.45, 2.75) is 26.3 Å². The molecule has 1 aromatic heterocycles. The van der Waals surface area contributed by atoms with Crippen LogP contribution in [0.3, 0.4) is 0 Å². The van der Waals surface area contributed by atoms with Gasteiger partial charge in [0.2, 0.25) is 0 Å². The highest BCUT2D eigenvalue weighted by atomic mass is 15.0. The normalized spacial score (nSPS) is 11.4. The van der Waals surface area contributed by atoms with E-state index in [1.54, 1.807) is 12.4 Å². The van der Waals surface area contributed by atoms with Crippen molar-refractivity contribution < 1.29 is 0 Å². The topological polar surface area (TPSA) is 63.8 Å². The van der Waals surface area contributed by atoms with Crippen molar-refractivity contribution in [1.82, 2.24) is 9.97 Å². The van der Waals surface area contributed by atoms with Crippen LogP contribution < -0.4 is 11.1 Å². The van der Waals surface area contributed by atoms with Crippen LogP contribution in [0, 0.1) is 6.92 Å². The number of aromatic nitrogens is 2. The van der Waals surface area contributed by atoms with Gasteiger partial charge in [0, 0.05) is 24.5 Å². The summed E-state index contributed by atoms with van der Waals surface area (Å²) in [5, 5.41) is 3.15. The first-order chi connectivity index (χ1) is 5.99. The van der Waals surface area contributed by atoms with Gasteiger partial charge in [-0.3, -0.25) is 4.98 Å². The van der Waals surface area contributed by atoms with Crippen LogP contribution in [-0.2, 0) is 0 Å². The first kappa shape index (κ1) is 9.92. The molecule has 72 valence electrons. The van der Waals surface area contributed by atoms with E-state index in [4.69, 9.17) is 5.73 Å². The van der Waals surface area contributed by atoms with E-state index in [2.05, 4.69) is 15.3 Å². The number of rotatable bonds is 3. The molecule has 13 heavy (non-hydrogen) atoms. The van der Waals surface area contributed by atoms with E-state index in [1.807, 2.05) is 20.8 Å². The van der Waals surface area contributed by atoms with Crippen LogP contribution in [-0.4, -0.2) is 22.1 Å². The van der Waals surface area contributed by atoms with Crippen LogP contribution in [0.4, 0.5) is 5.82 Å². The molecule has 0 atom stereocenters. The Morgan fingerprint density at radius 2 is 2.00 bits per heavy atom. The number of aryl methyl sites for hydroxylation is 1. The molecule has 0 spiro atoms. The molecule has 0 bridgehead atoms. The number of nitrogens with two attached hydrogens (primary N) is 1. The summed E-state index contributed by atoms with van der Waals surface area (Å²) >= 11 is 0. The van der Waals surface area contributed by atoms with Crippen molar-refractivity contribution in [2.24, 2.45) is 5.73 Å². The van der Waals surface area contributed by atoms with Crippen LogP contribution in [0.2, 0.25) is 0 Å². The highest BCUT2D eigenvalue weighted by molar-refractivity contribution is 5.38. The summed E-state index contributed by atoms with van der Waals surface area (Å²) in [6, 6.07) is 0. The van der Waals surface area contributed by atoms with Gasteiger partial charge in [-0.2, -0.15) is 0 Å². The van der Waals surface area contributed by atoms with Crippen LogP contribution in [0.15, 0.2) is 12.4 Å². The Balaban J connectivity index is 2.60. The molecule has 1 heterocycles. The van der Waals surface area contributed by atoms with E-state index in [-0.39, 0.29) is 5.54 Å². The predicted octanol–water partition coefficient (Wildman–Crippen LogP) is 0.934. The van der Waals surface area contributed by atoms with Gasteiger partial charge in [0.25, 0.3) is 0 Å². The first-order valence-corrected chi connectivity index (χ1v) is 4.29. The lowest BCUT2D eigenvalue weighted by Crippen LogP contribution is -2.39. The summed E-state index contributed by atoms with van der Waals surface area (Å²) in [5.41, 5.74) is 6.49. The lowest BCUT2D eigenvalue weighted by Gasteiger charge is -2.19. The summed E-state index contributed by atoms with van der Waals surface area (Å²) < 4.78 is 0. The Morgan fingerprint density at radius 3 is 2.54 bits per heavy atom. The van der Waals surface area contributed by atoms with E-state index >= 15 is 0 Å². The van der Waals surface area contributed by atoms with Gasteiger partial charge in [0.05, 0.1) is 5.69 Å². The van der Waals surface area contributed by atoms with Gasteiger partial charge >= 0.3 is 0 Å². The molecule has 1 rings (SSSR count). The Kier molecular flexibility index (Phi) is 2.83. The molecule has 0 radical (unpaired) electrons. The van der Waals surface area contributed by atoms with Crippen LogP contribution in [0.1, 0.15) is 19.5 Å². The van der Waals surface area contributed by atoms with E-state index in [1.165, 1.54) is 0 Å². The van der Waals surface area contributed by atoms with Crippen molar-refractivity contribution in [2.75, 3.05) is 11.9 Å². The second kappa shape index (κ2) is 3.70. The number of nitrogens with one attached hydrogen (secondary N) is 1. The van der Waals surface area contributed by atoms with Gasteiger partial charge in [-0.05, 0) is 20.8 Å². The minimum atomic E-state index is -0.232. The average molecular weight is 180 g/mol. The number of nitrogens with zero attached hydrogens (tertiary/aromatic N) is 2. The smallest absolute Gasteiger partial charge is 0.147 e. The minimum Gasteiger partial charge on any atom is -0.367 e. The molecule has 0 saturated carbocycles. The Bertz CT molecular complexity index is 277. The summed E-state index contributed by atoms with van der Waals surface area (Å²) in [4.78, 5) is 8.27. The lowest BCUT2D eigenvalue weighted by molar-refractivity contribution is 0.548. The first-order valence-electron chi connectivity index (χ1n) is 4.29. The quantitative estimate of drug-likeness (QED) is 0.726. The zero-order valence-corrected chi connectivity index (χ0v) is 8.33. The fourth-order valence-corrected chi connectivity index (χ4v) is 0.893. The van der Waals surface area contributed by atoms with E-state index in [0.717, 1.165) is 11.5 Å². The molecule has 0 amide bonds. The Hall–Kier alpha value is -1.16. The van der Waals surface area contributed by atoms with Crippen LogP contribution in [0.5, 0.6) is 0 Å². The summed E-state index contributed by atoms with van der Waals surface area (Å²) in [7, 11) is 0. The molecule has 0 saturated heterocycles. The van der Waals surface area contributed by atoms with Crippen molar-refractivity contribution in [3.05, 3.63) is 18.1 Å². The summed E-state index contributed by atoms with van der Waals surface area (Å²) in [5.74, 6) is 0.807. The molecule has 0 unspecified atom stereocenters. The van der Waals surface area contributed by atoms with Gasteiger partial charge in [-0.1, -0.05) is 0 Å². The van der Waals surface area contributed by atoms with Crippen molar-refractivity contribution >= 4 is 5.82 Å². The molecule has 0 aliphatic rings. The van der Waals surface area contributed by atoms with Gasteiger partial charge in [0.1, 0.15) is 5.82 Å². The molecule has 0 aliphatic carbocycles. The molecule has 0 aromatic carbocycles. The molecule has 1 aromatic rings. The lowest BCUT2D eigenvalue weighted by atomic mass is 10.1. The molecule has 3 N–H and O–H groups in total. The van der Waals surface area contributed by atoms with Gasteiger partial charge in [-0.25, -0.2) is 4.98 Å². The fraction of sp³-hybridized carbons (Fsp3) is 0.556. The highest BCUT2D eigenvalue weighted by Gasteiger charge is 2.10. The number of hydrogen-bond acceptors (Lipinski definition) is 4. The van der Waals surface area contributed by atoms with Gasteiger partial charge in [0.15, 0.2) is 0 Å². The molecule has 0 fully saturated rings. The third-order valence-corrected chi connectivity index (χ3v) is 1.59. The van der Waals surface area contributed by atoms with E-state index in [9.17, 15) is 0 Å². The van der Waals surface area contributed by atoms with Crippen LogP contribution in [0.25, 0.3) is 0 Å². The van der Waals surface area contributed by atoms with Crippen LogP contribution >= 0.6 is 0 Å². The monoisotopic (exact) mass is 180 g/mol. The van der Waals surface area contributed by atoms with Crippen molar-refractivity contribution in [3.63, 3.8) is 0 Å². The minimum absolute atomic E-state index is 0.232. The second-order valence-electron chi connectivity index (χ2n) is 3.83. The third kappa shape index (κ3) is 3.38. The Morgan fingerprint density at radius 1 is 1.38 bits per heavy atom. The second-order valence-corrected chi connectivity index (χ2v) is 3.83. The zero-order chi connectivity index (χ0) is 9.90. The summed E-state index contributed by atoms with van der Waals surface area (Å²) in [6.45, 7) is 6.53. The SMILES string of the molecule is Cc1nccnc1NCC(C)(C)N. The maximum atomic E-state index is 5.82. The standard InChI is InChI=1S/C9H16N4/c1-7-8(12-5-4-11-7)13-6-9(2,3)10/h4-5H,6,10H2,1-3H3,(H,12,13). The largest absolute Gasteiger partial charge is 0.367 e. The maximum Gasteiger partial charge on any atom is 0.147 e. The summed E-state index contributed by atoms with van der Waals surface area (Å²) in [6.07, 6.45) is 3.34. The molecular weight excluding hydrogens is 164 g/mol. The fourth-order valence-electron chi connectivity index (χ4n) is 0.893. The maximum absolute atomic E-state index is 5.82. The molecule has 4 nitrogen and oxygen atoms in total. The molecular formula is C9H16N4.